The first-order chi connectivity index (χ1) is 10.1. The second-order valence-electron chi connectivity index (χ2n) is 5.00. The predicted molar refractivity (Wildman–Crippen MR) is 91.8 cm³/mol. The Balaban J connectivity index is 1.85. The number of carbonyl (C=O) groups excluding carboxylic acids is 1. The molecular weight excluding hydrogens is 328 g/mol. The summed E-state index contributed by atoms with van der Waals surface area (Å²) in [7, 11) is 0. The highest BCUT2D eigenvalue weighted by atomic mass is 79.9. The summed E-state index contributed by atoms with van der Waals surface area (Å²) in [6.07, 6.45) is 0.431. The average Bonchev–Trinajstić information content (AvgIpc) is 2.43. The zero-order valence-corrected chi connectivity index (χ0v) is 13.8. The monoisotopic (exact) mass is 346 g/mol. The molecule has 0 atom stereocenters. The van der Waals surface area contributed by atoms with Gasteiger partial charge in [-0.05, 0) is 43.2 Å². The molecule has 2 aromatic carbocycles. The molecule has 0 aliphatic rings. The third-order valence-electron chi connectivity index (χ3n) is 3.25. The number of amides is 1. The first-order valence-corrected chi connectivity index (χ1v) is 7.71. The van der Waals surface area contributed by atoms with Gasteiger partial charge in [0.25, 0.3) is 0 Å². The van der Waals surface area contributed by atoms with Crippen molar-refractivity contribution in [2.45, 2.75) is 20.3 Å². The highest BCUT2D eigenvalue weighted by Crippen LogP contribution is 2.19. The number of para-hydroxylation sites is 1. The molecule has 0 fully saturated rings. The van der Waals surface area contributed by atoms with E-state index in [4.69, 9.17) is 0 Å². The summed E-state index contributed by atoms with van der Waals surface area (Å²) in [5.41, 5.74) is 4.10. The van der Waals surface area contributed by atoms with E-state index in [0.29, 0.717) is 13.0 Å². The van der Waals surface area contributed by atoms with E-state index in [2.05, 4.69) is 26.6 Å². The summed E-state index contributed by atoms with van der Waals surface area (Å²) >= 11 is 3.42. The molecule has 2 rings (SSSR count). The summed E-state index contributed by atoms with van der Waals surface area (Å²) in [6, 6.07) is 13.9. The number of halogens is 1. The van der Waals surface area contributed by atoms with Gasteiger partial charge in [-0.15, -0.1) is 0 Å². The SMILES string of the molecule is Cc1cccc(C)c1NC(=O)CCNc1cccc(Br)c1. The van der Waals surface area contributed by atoms with E-state index in [1.165, 1.54) is 0 Å². The molecule has 21 heavy (non-hydrogen) atoms. The van der Waals surface area contributed by atoms with Crippen molar-refractivity contribution in [2.75, 3.05) is 17.2 Å². The number of rotatable bonds is 5. The lowest BCUT2D eigenvalue weighted by atomic mass is 10.1. The van der Waals surface area contributed by atoms with Crippen LogP contribution in [0.5, 0.6) is 0 Å². The molecule has 4 heteroatoms. The normalized spacial score (nSPS) is 10.2. The van der Waals surface area contributed by atoms with Crippen LogP contribution in [0.2, 0.25) is 0 Å². The van der Waals surface area contributed by atoms with Gasteiger partial charge in [0.2, 0.25) is 5.91 Å². The smallest absolute Gasteiger partial charge is 0.226 e. The lowest BCUT2D eigenvalue weighted by Gasteiger charge is -2.12. The molecule has 0 saturated heterocycles. The van der Waals surface area contributed by atoms with Gasteiger partial charge < -0.3 is 10.6 Å². The molecule has 3 nitrogen and oxygen atoms in total. The van der Waals surface area contributed by atoms with Crippen molar-refractivity contribution in [1.82, 2.24) is 0 Å². The minimum atomic E-state index is 0.0231. The minimum absolute atomic E-state index is 0.0231. The summed E-state index contributed by atoms with van der Waals surface area (Å²) in [4.78, 5) is 12.0. The number of anilines is 2. The topological polar surface area (TPSA) is 41.1 Å². The molecular formula is C17H19BrN2O. The van der Waals surface area contributed by atoms with E-state index in [0.717, 1.165) is 27.0 Å². The van der Waals surface area contributed by atoms with E-state index in [9.17, 15) is 4.79 Å². The van der Waals surface area contributed by atoms with Gasteiger partial charge in [0.15, 0.2) is 0 Å². The molecule has 1 amide bonds. The average molecular weight is 347 g/mol. The second kappa shape index (κ2) is 7.27. The lowest BCUT2D eigenvalue weighted by Crippen LogP contribution is -2.17. The molecule has 0 spiro atoms. The molecule has 0 bridgehead atoms. The highest BCUT2D eigenvalue weighted by Gasteiger charge is 2.06. The van der Waals surface area contributed by atoms with E-state index < -0.39 is 0 Å². The van der Waals surface area contributed by atoms with E-state index in [-0.39, 0.29) is 5.91 Å². The summed E-state index contributed by atoms with van der Waals surface area (Å²) in [6.45, 7) is 4.61. The van der Waals surface area contributed by atoms with Crippen molar-refractivity contribution in [3.8, 4) is 0 Å². The Kier molecular flexibility index (Phi) is 5.39. The standard InChI is InChI=1S/C17H19BrN2O/c1-12-5-3-6-13(2)17(12)20-16(21)9-10-19-15-8-4-7-14(18)11-15/h3-8,11,19H,9-10H2,1-2H3,(H,20,21). The number of hydrogen-bond donors (Lipinski definition) is 2. The van der Waals surface area contributed by atoms with Crippen molar-refractivity contribution < 1.29 is 4.79 Å². The zero-order chi connectivity index (χ0) is 15.2. The van der Waals surface area contributed by atoms with Gasteiger partial charge in [-0.25, -0.2) is 0 Å². The molecule has 0 unspecified atom stereocenters. The Labute approximate surface area is 133 Å². The molecule has 0 saturated carbocycles. The van der Waals surface area contributed by atoms with Crippen LogP contribution < -0.4 is 10.6 Å². The summed E-state index contributed by atoms with van der Waals surface area (Å²) in [5, 5.41) is 6.23. The van der Waals surface area contributed by atoms with Gasteiger partial charge in [-0.1, -0.05) is 40.2 Å². The van der Waals surface area contributed by atoms with Crippen LogP contribution in [0.15, 0.2) is 46.9 Å². The van der Waals surface area contributed by atoms with E-state index >= 15 is 0 Å². The quantitative estimate of drug-likeness (QED) is 0.836. The molecule has 0 radical (unpaired) electrons. The van der Waals surface area contributed by atoms with Gasteiger partial charge in [0, 0.05) is 28.8 Å². The van der Waals surface area contributed by atoms with E-state index in [1.807, 2.05) is 56.3 Å². The lowest BCUT2D eigenvalue weighted by molar-refractivity contribution is -0.115. The fourth-order valence-corrected chi connectivity index (χ4v) is 2.53. The molecule has 0 aliphatic heterocycles. The Morgan fingerprint density at radius 3 is 2.43 bits per heavy atom. The van der Waals surface area contributed by atoms with Crippen LogP contribution >= 0.6 is 15.9 Å². The van der Waals surface area contributed by atoms with Crippen LogP contribution in [0.4, 0.5) is 11.4 Å². The molecule has 2 N–H and O–H groups in total. The largest absolute Gasteiger partial charge is 0.384 e. The molecule has 2 aromatic rings. The fourth-order valence-electron chi connectivity index (χ4n) is 2.13. The number of carbonyl (C=O) groups is 1. The van der Waals surface area contributed by atoms with Gasteiger partial charge in [-0.2, -0.15) is 0 Å². The fraction of sp³-hybridized carbons (Fsp3) is 0.235. The Hall–Kier alpha value is -1.81. The maximum atomic E-state index is 12.0. The summed E-state index contributed by atoms with van der Waals surface area (Å²) < 4.78 is 1.02. The molecule has 110 valence electrons. The Morgan fingerprint density at radius 1 is 1.10 bits per heavy atom. The molecule has 0 heterocycles. The van der Waals surface area contributed by atoms with Gasteiger partial charge in [0.1, 0.15) is 0 Å². The molecule has 0 aromatic heterocycles. The number of benzene rings is 2. The molecule has 0 aliphatic carbocycles. The van der Waals surface area contributed by atoms with Crippen molar-refractivity contribution in [3.05, 3.63) is 58.1 Å². The number of nitrogens with one attached hydrogen (secondary N) is 2. The van der Waals surface area contributed by atoms with Crippen molar-refractivity contribution in [3.63, 3.8) is 0 Å². The van der Waals surface area contributed by atoms with Gasteiger partial charge >= 0.3 is 0 Å². The van der Waals surface area contributed by atoms with Crippen molar-refractivity contribution >= 4 is 33.2 Å². The maximum absolute atomic E-state index is 12.0. The van der Waals surface area contributed by atoms with Crippen LogP contribution in [0.3, 0.4) is 0 Å². The highest BCUT2D eigenvalue weighted by molar-refractivity contribution is 9.10. The van der Waals surface area contributed by atoms with Crippen LogP contribution in [-0.4, -0.2) is 12.5 Å². The Bertz CT molecular complexity index is 620. The van der Waals surface area contributed by atoms with Gasteiger partial charge in [-0.3, -0.25) is 4.79 Å². The number of aryl methyl sites for hydroxylation is 2. The van der Waals surface area contributed by atoms with Crippen LogP contribution in [0, 0.1) is 13.8 Å². The minimum Gasteiger partial charge on any atom is -0.384 e. The number of hydrogen-bond acceptors (Lipinski definition) is 2. The zero-order valence-electron chi connectivity index (χ0n) is 12.2. The third-order valence-corrected chi connectivity index (χ3v) is 3.74. The van der Waals surface area contributed by atoms with Crippen molar-refractivity contribution in [1.29, 1.82) is 0 Å². The van der Waals surface area contributed by atoms with Crippen LogP contribution in [0.25, 0.3) is 0 Å². The maximum Gasteiger partial charge on any atom is 0.226 e. The first kappa shape index (κ1) is 15.6. The predicted octanol–water partition coefficient (Wildman–Crippen LogP) is 4.51. The van der Waals surface area contributed by atoms with Gasteiger partial charge in [0.05, 0.1) is 0 Å². The van der Waals surface area contributed by atoms with Crippen LogP contribution in [-0.2, 0) is 4.79 Å². The third kappa shape index (κ3) is 4.60. The van der Waals surface area contributed by atoms with Crippen LogP contribution in [0.1, 0.15) is 17.5 Å². The van der Waals surface area contributed by atoms with E-state index in [1.54, 1.807) is 0 Å². The second-order valence-corrected chi connectivity index (χ2v) is 5.92. The Morgan fingerprint density at radius 2 is 1.76 bits per heavy atom. The summed E-state index contributed by atoms with van der Waals surface area (Å²) in [5.74, 6) is 0.0231. The first-order valence-electron chi connectivity index (χ1n) is 6.92. The van der Waals surface area contributed by atoms with Crippen molar-refractivity contribution in [2.24, 2.45) is 0 Å².